The van der Waals surface area contributed by atoms with Gasteiger partial charge < -0.3 is 10.1 Å². The molecule has 0 aliphatic carbocycles. The second-order valence-corrected chi connectivity index (χ2v) is 8.57. The quantitative estimate of drug-likeness (QED) is 0.540. The molecule has 170 valence electrons. The first-order chi connectivity index (χ1) is 14.8. The third kappa shape index (κ3) is 5.04. The van der Waals surface area contributed by atoms with Gasteiger partial charge in [-0.25, -0.2) is 9.78 Å². The highest BCUT2D eigenvalue weighted by Gasteiger charge is 2.31. The summed E-state index contributed by atoms with van der Waals surface area (Å²) in [6.45, 7) is 6.61. The molecule has 6 nitrogen and oxygen atoms in total. The second kappa shape index (κ2) is 8.46. The van der Waals surface area contributed by atoms with Crippen molar-refractivity contribution in [2.75, 3.05) is 0 Å². The topological polar surface area (TPSA) is 73.2 Å². The Hall–Kier alpha value is -3.07. The summed E-state index contributed by atoms with van der Waals surface area (Å²) in [7, 11) is 0. The van der Waals surface area contributed by atoms with Crippen molar-refractivity contribution in [1.82, 2.24) is 14.9 Å². The molecule has 0 bridgehead atoms. The number of hydrogen-bond acceptors (Lipinski definition) is 4. The van der Waals surface area contributed by atoms with Crippen molar-refractivity contribution < 1.29 is 22.7 Å². The molecule has 2 aromatic carbocycles. The lowest BCUT2D eigenvalue weighted by atomic mass is 10.1. The van der Waals surface area contributed by atoms with Crippen LogP contribution in [0.2, 0.25) is 5.02 Å². The minimum Gasteiger partial charge on any atom is -0.444 e. The molecule has 0 aliphatic rings. The van der Waals surface area contributed by atoms with Gasteiger partial charge in [-0.15, -0.1) is 0 Å². The van der Waals surface area contributed by atoms with Crippen molar-refractivity contribution in [3.8, 4) is 5.69 Å². The Morgan fingerprint density at radius 1 is 1.16 bits per heavy atom. The van der Waals surface area contributed by atoms with Crippen LogP contribution in [0.4, 0.5) is 18.0 Å². The molecule has 1 unspecified atom stereocenters. The molecule has 0 spiro atoms. The van der Waals surface area contributed by atoms with Gasteiger partial charge in [-0.3, -0.25) is 9.36 Å². The maximum atomic E-state index is 13.4. The first kappa shape index (κ1) is 23.6. The molecule has 1 amide bonds. The number of alkyl halides is 3. The van der Waals surface area contributed by atoms with Crippen molar-refractivity contribution in [2.45, 2.75) is 45.5 Å². The number of hydrogen-bond donors (Lipinski definition) is 1. The highest BCUT2D eigenvalue weighted by Crippen LogP contribution is 2.31. The summed E-state index contributed by atoms with van der Waals surface area (Å²) in [6, 6.07) is 8.06. The summed E-state index contributed by atoms with van der Waals surface area (Å²) in [5, 5.41) is 2.74. The molecule has 0 saturated carbocycles. The Kier molecular flexibility index (Phi) is 6.24. The highest BCUT2D eigenvalue weighted by molar-refractivity contribution is 6.35. The molecule has 1 heterocycles. The van der Waals surface area contributed by atoms with E-state index in [1.807, 2.05) is 0 Å². The predicted octanol–water partition coefficient (Wildman–Crippen LogP) is 5.64. The van der Waals surface area contributed by atoms with Gasteiger partial charge in [-0.2, -0.15) is 13.2 Å². The summed E-state index contributed by atoms with van der Waals surface area (Å²) in [5.74, 6) is 0.0231. The van der Waals surface area contributed by atoms with Crippen LogP contribution in [-0.4, -0.2) is 21.2 Å². The van der Waals surface area contributed by atoms with Gasteiger partial charge in [-0.05, 0) is 58.0 Å². The van der Waals surface area contributed by atoms with Crippen LogP contribution >= 0.6 is 11.6 Å². The van der Waals surface area contributed by atoms with Gasteiger partial charge in [0.25, 0.3) is 5.56 Å². The van der Waals surface area contributed by atoms with E-state index in [0.29, 0.717) is 0 Å². The fourth-order valence-electron chi connectivity index (χ4n) is 3.12. The average Bonchev–Trinajstić information content (AvgIpc) is 2.65. The van der Waals surface area contributed by atoms with Gasteiger partial charge in [0, 0.05) is 0 Å². The van der Waals surface area contributed by atoms with Crippen LogP contribution in [0.25, 0.3) is 16.6 Å². The number of fused-ring (bicyclic) bond motifs is 1. The maximum Gasteiger partial charge on any atom is 0.416 e. The van der Waals surface area contributed by atoms with E-state index in [2.05, 4.69) is 10.3 Å². The van der Waals surface area contributed by atoms with Crippen molar-refractivity contribution >= 4 is 28.6 Å². The molecular weight excluding hydrogens is 447 g/mol. The number of ether oxygens (including phenoxy) is 1. The maximum absolute atomic E-state index is 13.4. The number of carbonyl (C=O) groups excluding carboxylic acids is 1. The summed E-state index contributed by atoms with van der Waals surface area (Å²) in [4.78, 5) is 30.1. The van der Waals surface area contributed by atoms with E-state index in [1.165, 1.54) is 18.2 Å². The van der Waals surface area contributed by atoms with Gasteiger partial charge in [0.1, 0.15) is 11.4 Å². The lowest BCUT2D eigenvalue weighted by molar-refractivity contribution is -0.137. The number of aromatic nitrogens is 2. The van der Waals surface area contributed by atoms with Crippen molar-refractivity contribution in [1.29, 1.82) is 0 Å². The summed E-state index contributed by atoms with van der Waals surface area (Å²) in [6.07, 6.45) is -5.37. The van der Waals surface area contributed by atoms with Crippen LogP contribution in [-0.2, 0) is 10.9 Å². The summed E-state index contributed by atoms with van der Waals surface area (Å²) in [5.41, 5.74) is -2.17. The van der Waals surface area contributed by atoms with E-state index in [-0.39, 0.29) is 27.4 Å². The van der Waals surface area contributed by atoms with Gasteiger partial charge in [-0.1, -0.05) is 23.7 Å². The van der Waals surface area contributed by atoms with E-state index in [0.717, 1.165) is 16.7 Å². The molecule has 3 rings (SSSR count). The fraction of sp³-hybridized carbons (Fsp3) is 0.318. The zero-order valence-corrected chi connectivity index (χ0v) is 18.5. The third-order valence-electron chi connectivity index (χ3n) is 4.42. The fourth-order valence-corrected chi connectivity index (χ4v) is 3.37. The van der Waals surface area contributed by atoms with Gasteiger partial charge >= 0.3 is 12.3 Å². The Morgan fingerprint density at radius 3 is 2.44 bits per heavy atom. The lowest BCUT2D eigenvalue weighted by Gasteiger charge is -2.23. The minimum atomic E-state index is -4.61. The second-order valence-electron chi connectivity index (χ2n) is 8.16. The van der Waals surface area contributed by atoms with Crippen LogP contribution in [0.1, 0.15) is 45.1 Å². The molecule has 1 aromatic heterocycles. The number of carbonyl (C=O) groups is 1. The minimum absolute atomic E-state index is 0.0231. The monoisotopic (exact) mass is 467 g/mol. The number of benzene rings is 2. The van der Waals surface area contributed by atoms with Crippen LogP contribution in [0.3, 0.4) is 0 Å². The number of alkyl carbamates (subject to hydrolysis) is 1. The molecule has 0 aliphatic heterocycles. The van der Waals surface area contributed by atoms with E-state index in [4.69, 9.17) is 16.3 Å². The zero-order chi connectivity index (χ0) is 23.8. The van der Waals surface area contributed by atoms with Gasteiger partial charge in [0.05, 0.1) is 33.2 Å². The number of amides is 1. The van der Waals surface area contributed by atoms with Crippen molar-refractivity contribution in [3.63, 3.8) is 0 Å². The highest BCUT2D eigenvalue weighted by atomic mass is 35.5. The molecule has 1 atom stereocenters. The molecule has 0 saturated heterocycles. The van der Waals surface area contributed by atoms with Gasteiger partial charge in [0.2, 0.25) is 0 Å². The number of nitrogens with one attached hydrogen (secondary N) is 1. The lowest BCUT2D eigenvalue weighted by Crippen LogP contribution is -2.37. The normalized spacial score (nSPS) is 13.1. The van der Waals surface area contributed by atoms with Crippen molar-refractivity contribution in [3.05, 3.63) is 69.2 Å². The smallest absolute Gasteiger partial charge is 0.416 e. The van der Waals surface area contributed by atoms with E-state index in [1.54, 1.807) is 39.8 Å². The first-order valence-corrected chi connectivity index (χ1v) is 10.0. The van der Waals surface area contributed by atoms with Gasteiger partial charge in [0.15, 0.2) is 0 Å². The van der Waals surface area contributed by atoms with E-state index in [9.17, 15) is 22.8 Å². The van der Waals surface area contributed by atoms with Crippen molar-refractivity contribution in [2.24, 2.45) is 0 Å². The largest absolute Gasteiger partial charge is 0.444 e. The van der Waals surface area contributed by atoms with Crippen LogP contribution in [0.5, 0.6) is 0 Å². The standard InChI is InChI=1S/C22H21ClF3N3O3/c1-12(27-20(31)32-21(2,3)4)18-28-16-10-6-9-15(23)17(16)19(30)29(18)14-8-5-7-13(11-14)22(24,25)26/h5-12H,1-4H3,(H,27,31). The van der Waals surface area contributed by atoms with Crippen LogP contribution in [0, 0.1) is 0 Å². The molecule has 10 heteroatoms. The summed E-state index contributed by atoms with van der Waals surface area (Å²) >= 11 is 6.19. The molecule has 32 heavy (non-hydrogen) atoms. The molecule has 1 N–H and O–H groups in total. The Bertz CT molecular complexity index is 1230. The molecule has 0 fully saturated rings. The van der Waals surface area contributed by atoms with Crippen LogP contribution in [0.15, 0.2) is 47.3 Å². The SMILES string of the molecule is CC(NC(=O)OC(C)(C)C)c1nc2cccc(Cl)c2c(=O)n1-c1cccc(C(F)(F)F)c1. The molecular formula is C22H21ClF3N3O3. The number of rotatable bonds is 3. The zero-order valence-electron chi connectivity index (χ0n) is 17.7. The third-order valence-corrected chi connectivity index (χ3v) is 4.74. The van der Waals surface area contributed by atoms with E-state index < -0.39 is 35.0 Å². The Morgan fingerprint density at radius 2 is 1.81 bits per heavy atom. The Balaban J connectivity index is 2.22. The number of halogens is 4. The Labute approximate surface area is 187 Å². The van der Waals surface area contributed by atoms with Crippen LogP contribution < -0.4 is 10.9 Å². The molecule has 0 radical (unpaired) electrons. The average molecular weight is 468 g/mol. The summed E-state index contributed by atoms with van der Waals surface area (Å²) < 4.78 is 46.1. The predicted molar refractivity (Wildman–Crippen MR) is 115 cm³/mol. The molecule has 3 aromatic rings. The van der Waals surface area contributed by atoms with E-state index >= 15 is 0 Å². The first-order valence-electron chi connectivity index (χ1n) is 9.66. The number of nitrogens with zero attached hydrogens (tertiary/aromatic N) is 2.